The Morgan fingerprint density at radius 3 is 0.952 bits per heavy atom. The molecule has 0 heterocycles. The molecule has 3 aliphatic carbocycles. The van der Waals surface area contributed by atoms with Crippen molar-refractivity contribution in [1.29, 1.82) is 0 Å². The third-order valence-corrected chi connectivity index (χ3v) is 10.1. The van der Waals surface area contributed by atoms with Crippen LogP contribution in [0.1, 0.15) is 96.3 Å². The summed E-state index contributed by atoms with van der Waals surface area (Å²) in [7, 11) is 5.16. The van der Waals surface area contributed by atoms with E-state index in [1.54, 1.807) is 84.5 Å². The Labute approximate surface area is 139 Å². The van der Waals surface area contributed by atoms with E-state index in [0.29, 0.717) is 7.92 Å². The van der Waals surface area contributed by atoms with Gasteiger partial charge in [0.1, 0.15) is 0 Å². The Balaban J connectivity index is 0.000000774. The van der Waals surface area contributed by atoms with Crippen molar-refractivity contribution in [2.45, 2.75) is 113 Å². The lowest BCUT2D eigenvalue weighted by Crippen LogP contribution is -2.28. The topological polar surface area (TPSA) is 0 Å². The van der Waals surface area contributed by atoms with Crippen LogP contribution in [0.25, 0.3) is 0 Å². The second kappa shape index (κ2) is 10.5. The molecule has 3 heteroatoms. The first kappa shape index (κ1) is 18.1. The van der Waals surface area contributed by atoms with E-state index in [2.05, 4.69) is 10.1 Å². The highest BCUT2D eigenvalue weighted by Gasteiger charge is 2.36. The van der Waals surface area contributed by atoms with Gasteiger partial charge in [0.25, 0.3) is 0 Å². The van der Waals surface area contributed by atoms with Crippen LogP contribution < -0.4 is 0 Å². The Bertz CT molecular complexity index is 213. The molecular weight excluding hydrogens is 286 g/mol. The van der Waals surface area contributed by atoms with Crippen molar-refractivity contribution >= 4 is 25.5 Å². The monoisotopic (exact) mass is 321 g/mol. The second-order valence-electron chi connectivity index (χ2n) is 7.32. The van der Waals surface area contributed by atoms with E-state index in [9.17, 15) is 0 Å². The minimum Gasteiger partial charge on any atom is -0.0971 e. The van der Waals surface area contributed by atoms with E-state index in [1.807, 2.05) is 0 Å². The quantitative estimate of drug-likeness (QED) is 0.497. The smallest absolute Gasteiger partial charge is 0.0859 e. The fraction of sp³-hybridized carbons (Fsp3) is 1.00. The fourth-order valence-corrected chi connectivity index (χ4v) is 9.71. The first-order valence-electron chi connectivity index (χ1n) is 9.72. The van der Waals surface area contributed by atoms with Gasteiger partial charge in [-0.15, -0.1) is 0 Å². The van der Waals surface area contributed by atoms with Gasteiger partial charge in [0, 0.05) is 0 Å². The van der Waals surface area contributed by atoms with Crippen molar-refractivity contribution in [2.75, 3.05) is 0 Å². The number of rotatable bonds is 3. The average Bonchev–Trinajstić information content (AvgIpc) is 2.60. The molecule has 0 saturated heterocycles. The molecule has 3 aliphatic rings. The highest BCUT2D eigenvalue weighted by molar-refractivity contribution is 7.60. The molecule has 0 aromatic heterocycles. The number of hydrogen-bond acceptors (Lipinski definition) is 0. The van der Waals surface area contributed by atoms with Gasteiger partial charge in [-0.25, -0.2) is 0 Å². The molecule has 3 saturated carbocycles. The van der Waals surface area contributed by atoms with Gasteiger partial charge in [-0.05, 0) is 65.6 Å². The lowest BCUT2D eigenvalue weighted by Gasteiger charge is -2.44. The van der Waals surface area contributed by atoms with Crippen LogP contribution in [0.3, 0.4) is 0 Å². The van der Waals surface area contributed by atoms with E-state index in [1.165, 1.54) is 36.2 Å². The SMILES string of the molecule is B[Si].C1CCC(P(C2CCCCC2)C2CCCCC2)CC1. The van der Waals surface area contributed by atoms with E-state index >= 15 is 0 Å². The molecule has 0 aromatic carbocycles. The van der Waals surface area contributed by atoms with Gasteiger partial charge in [-0.1, -0.05) is 65.7 Å². The molecule has 0 aromatic rings. The summed E-state index contributed by atoms with van der Waals surface area (Å²) >= 11 is 0. The standard InChI is InChI=1S/C18H33P.BH2Si/c1-4-10-16(11-5-1)19(17-12-6-2-7-13-17)18-14-8-3-9-15-18;1-2/h16-18H,1-15H2;1H2. The molecule has 3 fully saturated rings. The minimum atomic E-state index is 0.385. The van der Waals surface area contributed by atoms with E-state index < -0.39 is 0 Å². The van der Waals surface area contributed by atoms with Gasteiger partial charge in [0.15, 0.2) is 0 Å². The van der Waals surface area contributed by atoms with Crippen molar-refractivity contribution in [3.8, 4) is 0 Å². The summed E-state index contributed by atoms with van der Waals surface area (Å²) < 4.78 is 0. The normalized spacial score (nSPS) is 26.4. The van der Waals surface area contributed by atoms with Gasteiger partial charge in [0.05, 0.1) is 7.44 Å². The van der Waals surface area contributed by atoms with Crippen molar-refractivity contribution in [1.82, 2.24) is 0 Å². The predicted molar refractivity (Wildman–Crippen MR) is 102 cm³/mol. The van der Waals surface area contributed by atoms with Crippen LogP contribution in [-0.2, 0) is 0 Å². The molecule has 0 bridgehead atoms. The molecule has 3 radical (unpaired) electrons. The van der Waals surface area contributed by atoms with Gasteiger partial charge in [0.2, 0.25) is 0 Å². The highest BCUT2D eigenvalue weighted by atomic mass is 31.1. The van der Waals surface area contributed by atoms with Crippen LogP contribution in [-0.4, -0.2) is 34.5 Å². The summed E-state index contributed by atoms with van der Waals surface area (Å²) in [5, 5.41) is 0. The summed E-state index contributed by atoms with van der Waals surface area (Å²) in [6, 6.07) is 0. The summed E-state index contributed by atoms with van der Waals surface area (Å²) in [5.74, 6) is 0. The zero-order chi connectivity index (χ0) is 14.9. The van der Waals surface area contributed by atoms with Crippen molar-refractivity contribution < 1.29 is 0 Å². The maximum absolute atomic E-state index is 2.97. The molecule has 0 aliphatic heterocycles. The summed E-state index contributed by atoms with van der Waals surface area (Å²) in [6.45, 7) is 0. The average molecular weight is 321 g/mol. The van der Waals surface area contributed by atoms with E-state index in [-0.39, 0.29) is 0 Å². The van der Waals surface area contributed by atoms with Crippen LogP contribution in [0.5, 0.6) is 0 Å². The predicted octanol–water partition coefficient (Wildman–Crippen LogP) is 5.17. The van der Waals surface area contributed by atoms with Gasteiger partial charge in [-0.3, -0.25) is 0 Å². The molecule has 0 nitrogen and oxygen atoms in total. The molecule has 3 rings (SSSR count). The van der Waals surface area contributed by atoms with Crippen LogP contribution >= 0.6 is 7.92 Å². The Morgan fingerprint density at radius 2 is 0.714 bits per heavy atom. The third-order valence-electron chi connectivity index (χ3n) is 5.99. The van der Waals surface area contributed by atoms with E-state index in [4.69, 9.17) is 0 Å². The largest absolute Gasteiger partial charge is 0.0971 e. The summed E-state index contributed by atoms with van der Waals surface area (Å²) in [5.41, 5.74) is 3.57. The van der Waals surface area contributed by atoms with Crippen LogP contribution in [0.15, 0.2) is 0 Å². The molecule has 0 unspecified atom stereocenters. The maximum Gasteiger partial charge on any atom is 0.0859 e. The molecule has 21 heavy (non-hydrogen) atoms. The van der Waals surface area contributed by atoms with Crippen molar-refractivity contribution in [3.05, 3.63) is 0 Å². The Hall–Kier alpha value is 0.712. The van der Waals surface area contributed by atoms with Gasteiger partial charge < -0.3 is 0 Å². The molecule has 119 valence electrons. The van der Waals surface area contributed by atoms with Crippen LogP contribution in [0.2, 0.25) is 0 Å². The van der Waals surface area contributed by atoms with Crippen LogP contribution in [0.4, 0.5) is 0 Å². The first-order valence-corrected chi connectivity index (χ1v) is 12.3. The molecule has 0 atom stereocenters. The summed E-state index contributed by atoms with van der Waals surface area (Å²) in [4.78, 5) is 0. The minimum absolute atomic E-state index is 0.385. The van der Waals surface area contributed by atoms with Gasteiger partial charge >= 0.3 is 0 Å². The fourth-order valence-electron chi connectivity index (χ4n) is 5.03. The highest BCUT2D eigenvalue weighted by Crippen LogP contribution is 2.61. The lowest BCUT2D eigenvalue weighted by atomic mass is 9.99. The van der Waals surface area contributed by atoms with Crippen molar-refractivity contribution in [2.24, 2.45) is 0 Å². The third kappa shape index (κ3) is 5.38. The zero-order valence-corrected chi connectivity index (χ0v) is 16.2. The second-order valence-corrected chi connectivity index (χ2v) is 10.4. The molecule has 0 spiro atoms. The van der Waals surface area contributed by atoms with Crippen LogP contribution in [0, 0.1) is 0 Å². The molecule has 0 N–H and O–H groups in total. The lowest BCUT2D eigenvalue weighted by molar-refractivity contribution is 0.460. The maximum atomic E-state index is 2.97. The van der Waals surface area contributed by atoms with E-state index in [0.717, 1.165) is 0 Å². The molecule has 0 amide bonds. The number of hydrogen-bond donors (Lipinski definition) is 0. The first-order chi connectivity index (χ1) is 10.4. The van der Waals surface area contributed by atoms with Gasteiger partial charge in [-0.2, -0.15) is 0 Å². The summed E-state index contributed by atoms with van der Waals surface area (Å²) in [6.07, 6.45) is 23.6. The Kier molecular flexibility index (Phi) is 9.01. The molecular formula is C18H35BPSi. The Morgan fingerprint density at radius 1 is 0.476 bits per heavy atom. The zero-order valence-electron chi connectivity index (χ0n) is 14.3. The van der Waals surface area contributed by atoms with Crippen molar-refractivity contribution in [3.63, 3.8) is 0 Å².